The first kappa shape index (κ1) is 34.6. The molecule has 1 amide bonds. The Morgan fingerprint density at radius 2 is 1.67 bits per heavy atom. The lowest BCUT2D eigenvalue weighted by Gasteiger charge is -2.23. The molecule has 48 heavy (non-hydrogen) atoms. The monoisotopic (exact) mass is 687 g/mol. The van der Waals surface area contributed by atoms with Gasteiger partial charge in [-0.1, -0.05) is 18.2 Å². The van der Waals surface area contributed by atoms with Gasteiger partial charge in [-0.15, -0.1) is 0 Å². The number of rotatable bonds is 12. The van der Waals surface area contributed by atoms with Gasteiger partial charge in [-0.05, 0) is 79.4 Å². The molecule has 0 aliphatic carbocycles. The van der Waals surface area contributed by atoms with E-state index in [2.05, 4.69) is 20.6 Å². The Labute approximate surface area is 275 Å². The smallest absolute Gasteiger partial charge is 0.416 e. The highest BCUT2D eigenvalue weighted by Gasteiger charge is 2.39. The van der Waals surface area contributed by atoms with Crippen LogP contribution < -0.4 is 20.1 Å². The molecule has 5 rings (SSSR count). The summed E-state index contributed by atoms with van der Waals surface area (Å²) in [6, 6.07) is 15.0. The van der Waals surface area contributed by atoms with Crippen molar-refractivity contribution >= 4 is 21.9 Å². The summed E-state index contributed by atoms with van der Waals surface area (Å²) >= 11 is 0. The molecule has 0 spiro atoms. The van der Waals surface area contributed by atoms with E-state index in [1.165, 1.54) is 19.2 Å². The maximum Gasteiger partial charge on any atom is 0.416 e. The Balaban J connectivity index is 1.34. The summed E-state index contributed by atoms with van der Waals surface area (Å²) in [4.78, 5) is 22.2. The number of sulfonamides is 1. The number of halogens is 4. The number of anilines is 1. The summed E-state index contributed by atoms with van der Waals surface area (Å²) < 4.78 is 91.2. The topological polar surface area (TPSA) is 123 Å². The van der Waals surface area contributed by atoms with Gasteiger partial charge >= 0.3 is 6.18 Å². The molecule has 10 nitrogen and oxygen atoms in total. The normalized spacial score (nSPS) is 15.2. The van der Waals surface area contributed by atoms with Gasteiger partial charge < -0.3 is 20.1 Å². The summed E-state index contributed by atoms with van der Waals surface area (Å²) in [6.45, 7) is 0.397. The third-order valence-corrected chi connectivity index (χ3v) is 9.72. The van der Waals surface area contributed by atoms with E-state index in [0.29, 0.717) is 47.8 Å². The van der Waals surface area contributed by atoms with Crippen molar-refractivity contribution < 1.29 is 40.2 Å². The summed E-state index contributed by atoms with van der Waals surface area (Å²) in [5.41, 5.74) is 1.18. The molecular formula is C33H33F4N5O5S. The molecule has 2 N–H and O–H groups in total. The van der Waals surface area contributed by atoms with Gasteiger partial charge in [0, 0.05) is 18.7 Å². The molecule has 1 aliphatic rings. The zero-order chi connectivity index (χ0) is 34.5. The van der Waals surface area contributed by atoms with Gasteiger partial charge in [0.25, 0.3) is 0 Å². The van der Waals surface area contributed by atoms with Gasteiger partial charge in [0.05, 0.1) is 42.6 Å². The minimum absolute atomic E-state index is 0.111. The lowest BCUT2D eigenvalue weighted by molar-refractivity contribution is -0.137. The molecule has 0 bridgehead atoms. The van der Waals surface area contributed by atoms with Crippen molar-refractivity contribution in [3.05, 3.63) is 95.4 Å². The number of hydrogen-bond acceptors (Lipinski definition) is 8. The highest BCUT2D eigenvalue weighted by molar-refractivity contribution is 7.89. The average Bonchev–Trinajstić information content (AvgIpc) is 3.58. The maximum absolute atomic E-state index is 13.4. The van der Waals surface area contributed by atoms with E-state index in [1.807, 2.05) is 12.1 Å². The molecule has 1 atom stereocenters. The van der Waals surface area contributed by atoms with Crippen molar-refractivity contribution in [1.82, 2.24) is 19.6 Å². The molecular weight excluding hydrogens is 654 g/mol. The number of ether oxygens (including phenoxy) is 2. The fraction of sp³-hybridized carbons (Fsp3) is 0.303. The fourth-order valence-electron chi connectivity index (χ4n) is 5.33. The molecule has 3 aromatic carbocycles. The van der Waals surface area contributed by atoms with Crippen LogP contribution >= 0.6 is 0 Å². The van der Waals surface area contributed by atoms with E-state index in [9.17, 15) is 30.8 Å². The van der Waals surface area contributed by atoms with Crippen LogP contribution in [0.1, 0.15) is 29.7 Å². The van der Waals surface area contributed by atoms with Crippen LogP contribution in [-0.2, 0) is 34.0 Å². The van der Waals surface area contributed by atoms with E-state index < -0.39 is 39.5 Å². The third kappa shape index (κ3) is 8.02. The minimum Gasteiger partial charge on any atom is -0.493 e. The first-order valence-corrected chi connectivity index (χ1v) is 16.4. The van der Waals surface area contributed by atoms with E-state index >= 15 is 0 Å². The molecule has 15 heteroatoms. The molecule has 1 aliphatic heterocycles. The van der Waals surface area contributed by atoms with Crippen molar-refractivity contribution in [2.75, 3.05) is 32.6 Å². The molecule has 1 saturated heterocycles. The molecule has 1 aromatic heterocycles. The number of carbonyl (C=O) groups is 1. The molecule has 254 valence electrons. The van der Waals surface area contributed by atoms with Crippen molar-refractivity contribution in [3.8, 4) is 22.8 Å². The van der Waals surface area contributed by atoms with E-state index in [1.54, 1.807) is 19.2 Å². The zero-order valence-corrected chi connectivity index (χ0v) is 26.9. The molecule has 0 radical (unpaired) electrons. The average molecular weight is 688 g/mol. The largest absolute Gasteiger partial charge is 0.493 e. The number of methoxy groups -OCH3 is 2. The molecule has 1 unspecified atom stereocenters. The van der Waals surface area contributed by atoms with Crippen LogP contribution in [0.3, 0.4) is 0 Å². The van der Waals surface area contributed by atoms with E-state index in [0.717, 1.165) is 46.3 Å². The quantitative estimate of drug-likeness (QED) is 0.189. The van der Waals surface area contributed by atoms with Crippen LogP contribution in [0.5, 0.6) is 11.5 Å². The van der Waals surface area contributed by atoms with Gasteiger partial charge in [-0.25, -0.2) is 22.8 Å². The van der Waals surface area contributed by atoms with E-state index in [-0.39, 0.29) is 30.4 Å². The van der Waals surface area contributed by atoms with Gasteiger partial charge in [0.1, 0.15) is 11.9 Å². The zero-order valence-electron chi connectivity index (χ0n) is 26.1. The Kier molecular flexibility index (Phi) is 10.5. The lowest BCUT2D eigenvalue weighted by atomic mass is 10.1. The van der Waals surface area contributed by atoms with Crippen molar-refractivity contribution in [2.24, 2.45) is 0 Å². The van der Waals surface area contributed by atoms with Crippen LogP contribution in [0, 0.1) is 5.82 Å². The molecule has 2 heterocycles. The predicted octanol–water partition coefficient (Wildman–Crippen LogP) is 5.44. The minimum atomic E-state index is -4.51. The van der Waals surface area contributed by atoms with Crippen LogP contribution in [0.25, 0.3) is 11.3 Å². The van der Waals surface area contributed by atoms with Gasteiger partial charge in [0.2, 0.25) is 21.9 Å². The molecule has 1 fully saturated rings. The number of benzene rings is 3. The van der Waals surface area contributed by atoms with Gasteiger partial charge in [0.15, 0.2) is 11.5 Å². The van der Waals surface area contributed by atoms with Crippen LogP contribution in [0.4, 0.5) is 23.5 Å². The number of aromatic nitrogens is 2. The highest BCUT2D eigenvalue weighted by atomic mass is 32.2. The Hall–Kier alpha value is -4.76. The van der Waals surface area contributed by atoms with Crippen molar-refractivity contribution in [2.45, 2.75) is 42.9 Å². The number of nitrogens with one attached hydrogen (secondary N) is 2. The molecule has 0 saturated carbocycles. The second-order valence-electron chi connectivity index (χ2n) is 11.0. The third-order valence-electron chi connectivity index (χ3n) is 7.80. The number of hydrogen-bond donors (Lipinski definition) is 2. The summed E-state index contributed by atoms with van der Waals surface area (Å²) in [5, 5.41) is 5.88. The van der Waals surface area contributed by atoms with Crippen LogP contribution in [-0.4, -0.2) is 61.9 Å². The number of carbonyl (C=O) groups excluding carboxylic acids is 1. The second-order valence-corrected chi connectivity index (χ2v) is 12.8. The Morgan fingerprint density at radius 1 is 0.958 bits per heavy atom. The number of alkyl halides is 3. The lowest BCUT2D eigenvalue weighted by Crippen LogP contribution is -2.45. The van der Waals surface area contributed by atoms with Gasteiger partial charge in [-0.3, -0.25) is 4.79 Å². The molecule has 4 aromatic rings. The predicted molar refractivity (Wildman–Crippen MR) is 169 cm³/mol. The van der Waals surface area contributed by atoms with Crippen molar-refractivity contribution in [1.29, 1.82) is 0 Å². The van der Waals surface area contributed by atoms with Crippen LogP contribution in [0.2, 0.25) is 0 Å². The second kappa shape index (κ2) is 14.6. The summed E-state index contributed by atoms with van der Waals surface area (Å²) in [6.07, 6.45) is -3.22. The van der Waals surface area contributed by atoms with Gasteiger partial charge in [-0.2, -0.15) is 17.5 Å². The summed E-state index contributed by atoms with van der Waals surface area (Å²) in [7, 11) is -0.984. The Bertz CT molecular complexity index is 1860. The van der Waals surface area contributed by atoms with Crippen molar-refractivity contribution in [3.63, 3.8) is 0 Å². The first-order valence-electron chi connectivity index (χ1n) is 14.9. The standard InChI is InChI=1S/C33H33F4N5O5S/c1-46-29-14-5-21(18-30(29)47-2)15-16-38-32-40-25(19-27(41-32)22-6-8-23(9-7-22)33(35,36)37)20-39-31(43)28-4-3-17-42(28)48(44,45)26-12-10-24(34)11-13-26/h5-14,18-19,28H,3-4,15-17,20H2,1-2H3,(H,39,43)(H,38,40,41). The SMILES string of the molecule is COc1ccc(CCNc2nc(CNC(=O)C3CCCN3S(=O)(=O)c3ccc(F)cc3)cc(-c3ccc(C(F)(F)F)cc3)n2)cc1OC. The summed E-state index contributed by atoms with van der Waals surface area (Å²) in [5.74, 6) is 0.205. The maximum atomic E-state index is 13.4. The number of amides is 1. The Morgan fingerprint density at radius 3 is 2.33 bits per heavy atom. The fourth-order valence-corrected chi connectivity index (χ4v) is 6.98. The highest BCUT2D eigenvalue weighted by Crippen LogP contribution is 2.32. The number of nitrogens with zero attached hydrogens (tertiary/aromatic N) is 3. The first-order chi connectivity index (χ1) is 22.9. The van der Waals surface area contributed by atoms with Crippen LogP contribution in [0.15, 0.2) is 77.7 Å². The van der Waals surface area contributed by atoms with E-state index in [4.69, 9.17) is 9.47 Å².